The fourth-order valence-electron chi connectivity index (χ4n) is 3.94. The molecule has 156 valence electrons. The van der Waals surface area contributed by atoms with E-state index in [1.54, 1.807) is 7.63 Å². The van der Waals surface area contributed by atoms with Gasteiger partial charge in [0.05, 0.1) is 0 Å². The zero-order chi connectivity index (χ0) is 21.8. The van der Waals surface area contributed by atoms with E-state index < -0.39 is 23.1 Å². The van der Waals surface area contributed by atoms with Gasteiger partial charge in [0.2, 0.25) is 0 Å². The standard InChI is InChI=1S/2C5H10O2.2C5H5.2CH3.H2Si.Ti/c2*1-5(2,3)4(6)7;2*1-2-4-5-3-1;;;;/h2*1-3H3,(H,6,7);2*1-3H,4H2;2*1H3;1H2;/q;;;;;;;+2/p-2. The zero-order valence-corrected chi connectivity index (χ0v) is 21.7. The number of carbonyl (C=O) groups is 2. The third-order valence-corrected chi connectivity index (χ3v) is 23.7. The van der Waals surface area contributed by atoms with Crippen molar-refractivity contribution in [3.05, 3.63) is 44.2 Å². The van der Waals surface area contributed by atoms with E-state index in [0.717, 1.165) is 7.76 Å². The predicted molar refractivity (Wildman–Crippen MR) is 115 cm³/mol. The summed E-state index contributed by atoms with van der Waals surface area (Å²) in [6.07, 6.45) is 13.1. The van der Waals surface area contributed by atoms with Crippen LogP contribution >= 0.6 is 0 Å². The second-order valence-electron chi connectivity index (χ2n) is 12.2. The molecule has 0 heterocycles. The van der Waals surface area contributed by atoms with Crippen molar-refractivity contribution in [1.29, 1.82) is 0 Å². The first-order valence-electron chi connectivity index (χ1n) is 10.0. The van der Waals surface area contributed by atoms with Crippen molar-refractivity contribution in [2.45, 2.75) is 64.8 Å². The van der Waals surface area contributed by atoms with E-state index in [4.69, 9.17) is 6.64 Å². The van der Waals surface area contributed by atoms with Gasteiger partial charge in [0, 0.05) is 0 Å². The fraction of sp³-hybridized carbons (Fsp3) is 0.545. The van der Waals surface area contributed by atoms with E-state index >= 15 is 0 Å². The Hall–Kier alpha value is -1.17. The van der Waals surface area contributed by atoms with Gasteiger partial charge in [0.15, 0.2) is 0 Å². The van der Waals surface area contributed by atoms with Crippen molar-refractivity contribution >= 4 is 19.6 Å². The van der Waals surface area contributed by atoms with Crippen LogP contribution in [0, 0.1) is 10.8 Å². The third-order valence-electron chi connectivity index (χ3n) is 6.38. The summed E-state index contributed by atoms with van der Waals surface area (Å²) in [7, 11) is 1.62. The molecular weight excluding hydrogens is 404 g/mol. The molecule has 0 radical (unpaired) electrons. The zero-order valence-electron chi connectivity index (χ0n) is 18.7. The maximum absolute atomic E-state index is 13.4. The second kappa shape index (κ2) is 5.50. The Kier molecular flexibility index (Phi) is 4.54. The molecule has 0 saturated heterocycles. The van der Waals surface area contributed by atoms with Crippen LogP contribution in [0.4, 0.5) is 0 Å². The van der Waals surface area contributed by atoms with Gasteiger partial charge in [-0.15, -0.1) is 0 Å². The first kappa shape index (κ1) is 23.1. The number of allylic oxidation sites excluding steroid dienone is 8. The summed E-state index contributed by atoms with van der Waals surface area (Å²) < 4.78 is 15.2. The minimum atomic E-state index is -6.03. The summed E-state index contributed by atoms with van der Waals surface area (Å²) in [6, 6.07) is 0. The van der Waals surface area contributed by atoms with E-state index in [0.29, 0.717) is 12.8 Å². The molecule has 0 fully saturated rings. The predicted octanol–water partition coefficient (Wildman–Crippen LogP) is 5.09. The van der Waals surface area contributed by atoms with Crippen LogP contribution < -0.4 is 0 Å². The van der Waals surface area contributed by atoms with Crippen LogP contribution in [0.3, 0.4) is 0 Å². The van der Waals surface area contributed by atoms with Crippen LogP contribution in [0.2, 0.25) is 10.5 Å². The molecule has 4 nitrogen and oxygen atoms in total. The molecule has 2 rings (SSSR count). The molecule has 0 saturated carbocycles. The van der Waals surface area contributed by atoms with Crippen molar-refractivity contribution in [2.24, 2.45) is 10.8 Å². The average molecular weight is 440 g/mol. The third kappa shape index (κ3) is 3.36. The Bertz CT molecular complexity index is 922. The molecular formula is C22H36O4SiTi. The molecule has 2 aliphatic carbocycles. The van der Waals surface area contributed by atoms with E-state index in [1.165, 1.54) is 0 Å². The monoisotopic (exact) mass is 440 g/mol. The minimum absolute atomic E-state index is 0.356. The SMILES string of the molecule is CC(C)(C)C(=O)[O][Ti]([CH3])([CH3])(=[SiH2])([O]C(=O)C(C)(C)C)([C]1=CC=CC1)[C]1=CC=CC1. The van der Waals surface area contributed by atoms with E-state index in [2.05, 4.69) is 0 Å². The average Bonchev–Trinajstić information content (AvgIpc) is 3.20. The van der Waals surface area contributed by atoms with Gasteiger partial charge in [-0.25, -0.2) is 0 Å². The molecule has 0 aliphatic heterocycles. The molecule has 0 bridgehead atoms. The maximum atomic E-state index is 13.4. The number of hydrogen-bond acceptors (Lipinski definition) is 4. The molecule has 0 aromatic rings. The topological polar surface area (TPSA) is 52.6 Å². The Labute approximate surface area is 167 Å². The summed E-state index contributed by atoms with van der Waals surface area (Å²) in [5, 5.41) is 3.89. The van der Waals surface area contributed by atoms with Gasteiger partial charge in [-0.1, -0.05) is 0 Å². The van der Waals surface area contributed by atoms with E-state index in [1.807, 2.05) is 88.5 Å². The Morgan fingerprint density at radius 3 is 1.36 bits per heavy atom. The Morgan fingerprint density at radius 1 is 0.821 bits per heavy atom. The van der Waals surface area contributed by atoms with Crippen LogP contribution in [0.15, 0.2) is 44.2 Å². The number of rotatable bonds is 4. The Morgan fingerprint density at radius 2 is 1.14 bits per heavy atom. The number of carbonyl (C=O) groups excluding carboxylic acids is 2. The summed E-state index contributed by atoms with van der Waals surface area (Å²) >= 11 is -6.03. The van der Waals surface area contributed by atoms with Crippen molar-refractivity contribution in [2.75, 3.05) is 0 Å². The Balaban J connectivity index is 2.95. The van der Waals surface area contributed by atoms with Crippen LogP contribution in [0.1, 0.15) is 54.4 Å². The number of hydrogen-bond donors (Lipinski definition) is 0. The van der Waals surface area contributed by atoms with Gasteiger partial charge >= 0.3 is 168 Å². The van der Waals surface area contributed by atoms with Gasteiger partial charge in [0.25, 0.3) is 0 Å². The quantitative estimate of drug-likeness (QED) is 0.572. The molecule has 0 aromatic heterocycles. The van der Waals surface area contributed by atoms with Gasteiger partial charge < -0.3 is 0 Å². The molecule has 0 N–H and O–H groups in total. The summed E-state index contributed by atoms with van der Waals surface area (Å²) in [4.78, 5) is 26.8. The first-order valence-corrected chi connectivity index (χ1v) is 20.0. The van der Waals surface area contributed by atoms with Gasteiger partial charge in [-0.05, 0) is 0 Å². The van der Waals surface area contributed by atoms with Gasteiger partial charge in [0.1, 0.15) is 0 Å². The summed E-state index contributed by atoms with van der Waals surface area (Å²) in [6.45, 7) is 11.0. The summed E-state index contributed by atoms with van der Waals surface area (Å²) in [5.74, 6) is -0.712. The van der Waals surface area contributed by atoms with Crippen LogP contribution in [-0.4, -0.2) is 19.6 Å². The summed E-state index contributed by atoms with van der Waals surface area (Å²) in [5.41, 5.74) is -1.47. The molecule has 28 heavy (non-hydrogen) atoms. The molecule has 0 atom stereocenters. The molecule has 2 aliphatic rings. The molecule has 0 amide bonds. The van der Waals surface area contributed by atoms with E-state index in [-0.39, 0.29) is 11.9 Å². The van der Waals surface area contributed by atoms with Crippen molar-refractivity contribution < 1.29 is 28.5 Å². The van der Waals surface area contributed by atoms with Crippen LogP contribution in [0.25, 0.3) is 0 Å². The first-order chi connectivity index (χ1) is 12.3. The van der Waals surface area contributed by atoms with Crippen molar-refractivity contribution in [3.8, 4) is 0 Å². The molecule has 0 aromatic carbocycles. The normalized spacial score (nSPS) is 21.1. The van der Waals surface area contributed by atoms with Crippen molar-refractivity contribution in [1.82, 2.24) is 0 Å². The fourth-order valence-corrected chi connectivity index (χ4v) is 17.4. The van der Waals surface area contributed by atoms with Crippen LogP contribution in [0.5, 0.6) is 0 Å². The van der Waals surface area contributed by atoms with Gasteiger partial charge in [-0.2, -0.15) is 0 Å². The van der Waals surface area contributed by atoms with Crippen LogP contribution in [-0.2, 0) is 28.5 Å². The molecule has 6 heteroatoms. The van der Waals surface area contributed by atoms with E-state index in [9.17, 15) is 9.59 Å². The second-order valence-corrected chi connectivity index (χ2v) is 39.4. The van der Waals surface area contributed by atoms with Gasteiger partial charge in [-0.3, -0.25) is 0 Å². The van der Waals surface area contributed by atoms with Crippen molar-refractivity contribution in [3.63, 3.8) is 0 Å². The molecule has 0 unspecified atom stereocenters. The molecule has 0 spiro atoms.